The minimum Gasteiger partial charge on any atom is -0.368 e. The summed E-state index contributed by atoms with van der Waals surface area (Å²) in [4.78, 5) is 11.2. The molecule has 5 nitrogen and oxygen atoms in total. The summed E-state index contributed by atoms with van der Waals surface area (Å²) in [6.45, 7) is 2.13. The number of hydrogen-bond donors (Lipinski definition) is 2. The summed E-state index contributed by atoms with van der Waals surface area (Å²) in [6, 6.07) is 0. The third kappa shape index (κ3) is 4.55. The second-order valence-corrected chi connectivity index (χ2v) is 3.69. The van der Waals surface area contributed by atoms with E-state index in [1.54, 1.807) is 19.1 Å². The largest absolute Gasteiger partial charge is 0.368 e. The first-order valence-electron chi connectivity index (χ1n) is 4.97. The monoisotopic (exact) mass is 201 g/mol. The maximum Gasteiger partial charge on any atom is 0.260 e. The molecule has 0 aromatic rings. The van der Waals surface area contributed by atoms with Crippen molar-refractivity contribution in [3.05, 3.63) is 0 Å². The van der Waals surface area contributed by atoms with Gasteiger partial charge < -0.3 is 10.1 Å². The molecule has 14 heavy (non-hydrogen) atoms. The minimum atomic E-state index is -0.0893. The molecular formula is C9H19N3O2. The number of amides is 1. The fourth-order valence-electron chi connectivity index (χ4n) is 1.44. The van der Waals surface area contributed by atoms with Crippen molar-refractivity contribution >= 4 is 5.91 Å². The molecule has 0 aromatic heterocycles. The molecule has 1 amide bonds. The molecule has 1 fully saturated rings. The van der Waals surface area contributed by atoms with E-state index in [4.69, 9.17) is 4.74 Å². The zero-order chi connectivity index (χ0) is 10.4. The first-order valence-corrected chi connectivity index (χ1v) is 4.97. The molecule has 0 aliphatic carbocycles. The molecule has 1 heterocycles. The molecule has 0 radical (unpaired) electrons. The number of ether oxygens (including phenoxy) is 1. The summed E-state index contributed by atoms with van der Waals surface area (Å²) >= 11 is 0. The lowest BCUT2D eigenvalue weighted by Crippen LogP contribution is -2.40. The first kappa shape index (κ1) is 11.4. The Morgan fingerprint density at radius 3 is 2.71 bits per heavy atom. The minimum absolute atomic E-state index is 0.0893. The van der Waals surface area contributed by atoms with E-state index in [0.717, 1.165) is 25.9 Å². The summed E-state index contributed by atoms with van der Waals surface area (Å²) in [6.07, 6.45) is 2.23. The van der Waals surface area contributed by atoms with E-state index < -0.39 is 0 Å². The quantitative estimate of drug-likeness (QED) is 0.593. The molecule has 0 atom stereocenters. The van der Waals surface area contributed by atoms with Crippen LogP contribution < -0.4 is 10.7 Å². The van der Waals surface area contributed by atoms with Crippen LogP contribution in [0.5, 0.6) is 0 Å². The molecule has 82 valence electrons. The fraction of sp³-hybridized carbons (Fsp3) is 0.889. The Labute approximate surface area is 84.8 Å². The van der Waals surface area contributed by atoms with Crippen LogP contribution in [0.2, 0.25) is 0 Å². The second-order valence-electron chi connectivity index (χ2n) is 3.69. The van der Waals surface area contributed by atoms with Gasteiger partial charge >= 0.3 is 0 Å². The number of hydrazine groups is 1. The van der Waals surface area contributed by atoms with Gasteiger partial charge in [-0.05, 0) is 25.9 Å². The van der Waals surface area contributed by atoms with Crippen molar-refractivity contribution in [3.8, 4) is 0 Å². The van der Waals surface area contributed by atoms with E-state index in [9.17, 15) is 4.79 Å². The summed E-state index contributed by atoms with van der Waals surface area (Å²) < 4.78 is 5.47. The predicted molar refractivity (Wildman–Crippen MR) is 53.7 cm³/mol. The highest BCUT2D eigenvalue weighted by Crippen LogP contribution is 2.06. The Balaban J connectivity index is 2.09. The third-order valence-corrected chi connectivity index (χ3v) is 2.08. The summed E-state index contributed by atoms with van der Waals surface area (Å²) in [5, 5.41) is 4.86. The standard InChI is InChI=1S/C9H19N3O2/c1-12(2)11-9(13)7-14-8-3-5-10-6-4-8/h8,10H,3-7H2,1-2H3,(H,11,13). The van der Waals surface area contributed by atoms with Crippen LogP contribution in [0.4, 0.5) is 0 Å². The number of rotatable bonds is 4. The lowest BCUT2D eigenvalue weighted by molar-refractivity contribution is -0.132. The number of carbonyl (C=O) groups excluding carboxylic acids is 1. The maximum absolute atomic E-state index is 11.2. The summed E-state index contributed by atoms with van der Waals surface area (Å²) in [5.41, 5.74) is 2.64. The molecule has 0 bridgehead atoms. The van der Waals surface area contributed by atoms with Crippen LogP contribution in [0.1, 0.15) is 12.8 Å². The lowest BCUT2D eigenvalue weighted by atomic mass is 10.1. The molecular weight excluding hydrogens is 182 g/mol. The number of carbonyl (C=O) groups is 1. The maximum atomic E-state index is 11.2. The zero-order valence-corrected chi connectivity index (χ0v) is 8.88. The Morgan fingerprint density at radius 1 is 1.50 bits per heavy atom. The fourth-order valence-corrected chi connectivity index (χ4v) is 1.44. The van der Waals surface area contributed by atoms with E-state index in [2.05, 4.69) is 10.7 Å². The highest BCUT2D eigenvalue weighted by Gasteiger charge is 2.14. The molecule has 1 saturated heterocycles. The van der Waals surface area contributed by atoms with E-state index in [0.29, 0.717) is 0 Å². The van der Waals surface area contributed by atoms with Gasteiger partial charge in [-0.15, -0.1) is 0 Å². The van der Waals surface area contributed by atoms with E-state index in [-0.39, 0.29) is 18.6 Å². The van der Waals surface area contributed by atoms with Crippen LogP contribution in [0, 0.1) is 0 Å². The second kappa shape index (κ2) is 5.95. The summed E-state index contributed by atoms with van der Waals surface area (Å²) in [5.74, 6) is -0.0893. The highest BCUT2D eigenvalue weighted by atomic mass is 16.5. The van der Waals surface area contributed by atoms with Crippen LogP contribution >= 0.6 is 0 Å². The van der Waals surface area contributed by atoms with Gasteiger partial charge in [-0.2, -0.15) is 0 Å². The van der Waals surface area contributed by atoms with Gasteiger partial charge in [0.25, 0.3) is 5.91 Å². The van der Waals surface area contributed by atoms with E-state index in [1.807, 2.05) is 0 Å². The Hall–Kier alpha value is -0.650. The van der Waals surface area contributed by atoms with Gasteiger partial charge in [0.1, 0.15) is 6.61 Å². The molecule has 5 heteroatoms. The van der Waals surface area contributed by atoms with Crippen LogP contribution in [0.25, 0.3) is 0 Å². The van der Waals surface area contributed by atoms with Crippen LogP contribution in [0.3, 0.4) is 0 Å². The smallest absolute Gasteiger partial charge is 0.260 e. The van der Waals surface area contributed by atoms with Crippen molar-refractivity contribution in [2.24, 2.45) is 0 Å². The predicted octanol–water partition coefficient (Wildman–Crippen LogP) is -0.652. The number of nitrogens with zero attached hydrogens (tertiary/aromatic N) is 1. The van der Waals surface area contributed by atoms with Crippen LogP contribution in [-0.4, -0.2) is 50.8 Å². The first-order chi connectivity index (χ1) is 6.68. The van der Waals surface area contributed by atoms with Gasteiger partial charge in [-0.3, -0.25) is 10.2 Å². The Morgan fingerprint density at radius 2 is 2.14 bits per heavy atom. The SMILES string of the molecule is CN(C)NC(=O)COC1CCNCC1. The molecule has 0 unspecified atom stereocenters. The third-order valence-electron chi connectivity index (χ3n) is 2.08. The number of nitrogens with one attached hydrogen (secondary N) is 2. The molecule has 0 aromatic carbocycles. The molecule has 2 N–H and O–H groups in total. The Bertz CT molecular complexity index is 179. The van der Waals surface area contributed by atoms with Crippen LogP contribution in [0.15, 0.2) is 0 Å². The van der Waals surface area contributed by atoms with Crippen molar-refractivity contribution in [1.29, 1.82) is 0 Å². The van der Waals surface area contributed by atoms with Crippen LogP contribution in [-0.2, 0) is 9.53 Å². The zero-order valence-electron chi connectivity index (χ0n) is 8.88. The van der Waals surface area contributed by atoms with Gasteiger partial charge in [-0.1, -0.05) is 0 Å². The number of hydrogen-bond acceptors (Lipinski definition) is 4. The van der Waals surface area contributed by atoms with Crippen molar-refractivity contribution in [1.82, 2.24) is 15.8 Å². The van der Waals surface area contributed by atoms with Gasteiger partial charge in [0.15, 0.2) is 0 Å². The van der Waals surface area contributed by atoms with Crippen molar-refractivity contribution in [2.45, 2.75) is 18.9 Å². The van der Waals surface area contributed by atoms with Crippen molar-refractivity contribution in [2.75, 3.05) is 33.8 Å². The molecule has 0 spiro atoms. The molecule has 0 saturated carbocycles. The van der Waals surface area contributed by atoms with Crippen molar-refractivity contribution < 1.29 is 9.53 Å². The highest BCUT2D eigenvalue weighted by molar-refractivity contribution is 5.76. The van der Waals surface area contributed by atoms with Gasteiger partial charge in [0, 0.05) is 14.1 Å². The normalized spacial score (nSPS) is 18.5. The average Bonchev–Trinajstić information content (AvgIpc) is 2.15. The summed E-state index contributed by atoms with van der Waals surface area (Å²) in [7, 11) is 3.56. The number of piperidine rings is 1. The van der Waals surface area contributed by atoms with Crippen molar-refractivity contribution in [3.63, 3.8) is 0 Å². The Kier molecular flexibility index (Phi) is 4.86. The molecule has 1 rings (SSSR count). The van der Waals surface area contributed by atoms with Gasteiger partial charge in [0.2, 0.25) is 0 Å². The lowest BCUT2D eigenvalue weighted by Gasteiger charge is -2.23. The van der Waals surface area contributed by atoms with E-state index >= 15 is 0 Å². The average molecular weight is 201 g/mol. The van der Waals surface area contributed by atoms with Gasteiger partial charge in [-0.25, -0.2) is 5.01 Å². The van der Waals surface area contributed by atoms with Gasteiger partial charge in [0.05, 0.1) is 6.10 Å². The topological polar surface area (TPSA) is 53.6 Å². The molecule has 1 aliphatic heterocycles. The molecule has 1 aliphatic rings. The van der Waals surface area contributed by atoms with E-state index in [1.165, 1.54) is 0 Å².